The molecule has 0 radical (unpaired) electrons. The van der Waals surface area contributed by atoms with Crippen LogP contribution in [0.3, 0.4) is 0 Å². The number of aliphatic hydroxyl groups excluding tert-OH is 1. The largest absolute Gasteiger partial charge is 0.479 e. The summed E-state index contributed by atoms with van der Waals surface area (Å²) in [5.74, 6) is -0.755. The van der Waals surface area contributed by atoms with Crippen molar-refractivity contribution in [2.45, 2.75) is 38.7 Å². The third-order valence-electron chi connectivity index (χ3n) is 2.84. The van der Waals surface area contributed by atoms with Crippen molar-refractivity contribution in [1.29, 1.82) is 0 Å². The summed E-state index contributed by atoms with van der Waals surface area (Å²) < 4.78 is 0. The Hall–Kier alpha value is -0.570. The van der Waals surface area contributed by atoms with E-state index in [1.54, 1.807) is 0 Å². The van der Waals surface area contributed by atoms with E-state index in [0.29, 0.717) is 5.92 Å². The van der Waals surface area contributed by atoms with Gasteiger partial charge in [-0.25, -0.2) is 4.79 Å². The lowest BCUT2D eigenvalue weighted by atomic mass is 9.77. The Morgan fingerprint density at radius 2 is 2.00 bits per heavy atom. The number of hydrogen-bond acceptors (Lipinski definition) is 2. The number of hydrogen-bond donors (Lipinski definition) is 2. The second-order valence-electron chi connectivity index (χ2n) is 3.71. The smallest absolute Gasteiger partial charge is 0.332 e. The second kappa shape index (κ2) is 3.90. The fourth-order valence-corrected chi connectivity index (χ4v) is 2.00. The Morgan fingerprint density at radius 3 is 2.50 bits per heavy atom. The van der Waals surface area contributed by atoms with Gasteiger partial charge in [0, 0.05) is 0 Å². The second-order valence-corrected chi connectivity index (χ2v) is 3.71. The third kappa shape index (κ3) is 1.97. The van der Waals surface area contributed by atoms with Crippen molar-refractivity contribution < 1.29 is 15.0 Å². The lowest BCUT2D eigenvalue weighted by Gasteiger charge is -2.30. The monoisotopic (exact) mass is 172 g/mol. The van der Waals surface area contributed by atoms with E-state index < -0.39 is 12.1 Å². The zero-order chi connectivity index (χ0) is 9.14. The highest BCUT2D eigenvalue weighted by atomic mass is 16.4. The normalized spacial score (nSPS) is 32.8. The fraction of sp³-hybridized carbons (Fsp3) is 0.889. The molecule has 0 aromatic rings. The van der Waals surface area contributed by atoms with Gasteiger partial charge in [-0.05, 0) is 18.3 Å². The van der Waals surface area contributed by atoms with E-state index in [1.165, 1.54) is 6.42 Å². The van der Waals surface area contributed by atoms with Gasteiger partial charge >= 0.3 is 5.97 Å². The van der Waals surface area contributed by atoms with E-state index in [4.69, 9.17) is 5.11 Å². The van der Waals surface area contributed by atoms with Gasteiger partial charge in [-0.2, -0.15) is 0 Å². The highest BCUT2D eigenvalue weighted by Crippen LogP contribution is 2.31. The molecule has 2 N–H and O–H groups in total. The van der Waals surface area contributed by atoms with Crippen LogP contribution in [-0.2, 0) is 4.79 Å². The number of carbonyl (C=O) groups is 1. The third-order valence-corrected chi connectivity index (χ3v) is 2.84. The standard InChI is InChI=1S/C9H16O3/c1-6-4-2-3-5-7(6)8(10)9(11)12/h6-8,10H,2-5H2,1H3,(H,11,12). The van der Waals surface area contributed by atoms with Crippen molar-refractivity contribution in [3.8, 4) is 0 Å². The van der Waals surface area contributed by atoms with Gasteiger partial charge in [-0.15, -0.1) is 0 Å². The molecule has 1 saturated carbocycles. The summed E-state index contributed by atoms with van der Waals surface area (Å²) in [5, 5.41) is 17.9. The molecule has 1 fully saturated rings. The van der Waals surface area contributed by atoms with Crippen molar-refractivity contribution in [1.82, 2.24) is 0 Å². The molecule has 0 aromatic heterocycles. The van der Waals surface area contributed by atoms with Crippen molar-refractivity contribution in [2.24, 2.45) is 11.8 Å². The topological polar surface area (TPSA) is 57.5 Å². The summed E-state index contributed by atoms with van der Waals surface area (Å²) in [7, 11) is 0. The van der Waals surface area contributed by atoms with Crippen LogP contribution < -0.4 is 0 Å². The number of carboxylic acids is 1. The molecule has 0 aromatic carbocycles. The number of carboxylic acid groups (broad SMARTS) is 1. The number of rotatable bonds is 2. The van der Waals surface area contributed by atoms with Crippen molar-refractivity contribution in [3.05, 3.63) is 0 Å². The number of aliphatic hydroxyl groups is 1. The molecule has 3 nitrogen and oxygen atoms in total. The first-order valence-corrected chi connectivity index (χ1v) is 4.54. The fourth-order valence-electron chi connectivity index (χ4n) is 2.00. The minimum atomic E-state index is -1.15. The molecule has 1 rings (SSSR count). The summed E-state index contributed by atoms with van der Waals surface area (Å²) in [6.07, 6.45) is 2.98. The van der Waals surface area contributed by atoms with Gasteiger partial charge in [-0.3, -0.25) is 0 Å². The van der Waals surface area contributed by atoms with Crippen molar-refractivity contribution in [2.75, 3.05) is 0 Å². The summed E-state index contributed by atoms with van der Waals surface area (Å²) in [5.41, 5.74) is 0. The molecule has 0 spiro atoms. The first-order chi connectivity index (χ1) is 5.63. The Kier molecular flexibility index (Phi) is 3.09. The lowest BCUT2D eigenvalue weighted by Crippen LogP contribution is -2.35. The first-order valence-electron chi connectivity index (χ1n) is 4.54. The minimum Gasteiger partial charge on any atom is -0.479 e. The average molecular weight is 172 g/mol. The van der Waals surface area contributed by atoms with E-state index in [1.807, 2.05) is 6.92 Å². The average Bonchev–Trinajstić information content (AvgIpc) is 2.04. The molecule has 1 aliphatic carbocycles. The summed E-state index contributed by atoms with van der Waals surface area (Å²) >= 11 is 0. The molecular formula is C9H16O3. The van der Waals surface area contributed by atoms with Gasteiger partial charge in [0.25, 0.3) is 0 Å². The van der Waals surface area contributed by atoms with Gasteiger partial charge < -0.3 is 10.2 Å². The van der Waals surface area contributed by atoms with E-state index in [9.17, 15) is 9.90 Å². The van der Waals surface area contributed by atoms with Crippen LogP contribution in [0.5, 0.6) is 0 Å². The van der Waals surface area contributed by atoms with Crippen LogP contribution in [0, 0.1) is 11.8 Å². The maximum absolute atomic E-state index is 10.5. The zero-order valence-electron chi connectivity index (χ0n) is 7.36. The molecule has 0 bridgehead atoms. The van der Waals surface area contributed by atoms with Crippen LogP contribution in [0.1, 0.15) is 32.6 Å². The summed E-state index contributed by atoms with van der Waals surface area (Å²) in [4.78, 5) is 10.5. The van der Waals surface area contributed by atoms with Gasteiger partial charge in [-0.1, -0.05) is 26.2 Å². The Bertz CT molecular complexity index is 167. The van der Waals surface area contributed by atoms with Gasteiger partial charge in [0.05, 0.1) is 0 Å². The lowest BCUT2D eigenvalue weighted by molar-refractivity contribution is -0.151. The highest BCUT2D eigenvalue weighted by Gasteiger charge is 2.31. The van der Waals surface area contributed by atoms with Crippen LogP contribution >= 0.6 is 0 Å². The van der Waals surface area contributed by atoms with Crippen molar-refractivity contribution in [3.63, 3.8) is 0 Å². The zero-order valence-corrected chi connectivity index (χ0v) is 7.36. The molecule has 0 amide bonds. The quantitative estimate of drug-likeness (QED) is 0.659. The van der Waals surface area contributed by atoms with Crippen LogP contribution in [-0.4, -0.2) is 22.3 Å². The van der Waals surface area contributed by atoms with Crippen LogP contribution in [0.15, 0.2) is 0 Å². The Balaban J connectivity index is 2.53. The highest BCUT2D eigenvalue weighted by molar-refractivity contribution is 5.72. The summed E-state index contributed by atoms with van der Waals surface area (Å²) in [6, 6.07) is 0. The summed E-state index contributed by atoms with van der Waals surface area (Å²) in [6.45, 7) is 2.02. The van der Waals surface area contributed by atoms with Crippen LogP contribution in [0.25, 0.3) is 0 Å². The van der Waals surface area contributed by atoms with Crippen molar-refractivity contribution >= 4 is 5.97 Å². The molecule has 70 valence electrons. The van der Waals surface area contributed by atoms with Gasteiger partial charge in [0.15, 0.2) is 6.10 Å². The van der Waals surface area contributed by atoms with Crippen LogP contribution in [0.4, 0.5) is 0 Å². The van der Waals surface area contributed by atoms with E-state index >= 15 is 0 Å². The Labute approximate surface area is 72.4 Å². The molecule has 1 aliphatic rings. The Morgan fingerprint density at radius 1 is 1.42 bits per heavy atom. The minimum absolute atomic E-state index is 0.0313. The molecule has 12 heavy (non-hydrogen) atoms. The maximum atomic E-state index is 10.5. The molecule has 3 atom stereocenters. The van der Waals surface area contributed by atoms with Gasteiger partial charge in [0.1, 0.15) is 0 Å². The molecule has 3 heteroatoms. The molecular weight excluding hydrogens is 156 g/mol. The molecule has 0 saturated heterocycles. The van der Waals surface area contributed by atoms with E-state index in [0.717, 1.165) is 19.3 Å². The molecule has 3 unspecified atom stereocenters. The number of aliphatic carboxylic acids is 1. The van der Waals surface area contributed by atoms with E-state index in [2.05, 4.69) is 0 Å². The predicted octanol–water partition coefficient (Wildman–Crippen LogP) is 1.26. The van der Waals surface area contributed by atoms with Gasteiger partial charge in [0.2, 0.25) is 0 Å². The molecule has 0 heterocycles. The first kappa shape index (κ1) is 9.52. The maximum Gasteiger partial charge on any atom is 0.332 e. The SMILES string of the molecule is CC1CCCCC1C(O)C(=O)O. The van der Waals surface area contributed by atoms with Crippen LogP contribution in [0.2, 0.25) is 0 Å². The predicted molar refractivity (Wildman–Crippen MR) is 44.8 cm³/mol. The van der Waals surface area contributed by atoms with E-state index in [-0.39, 0.29) is 5.92 Å². The molecule has 0 aliphatic heterocycles.